The van der Waals surface area contributed by atoms with E-state index in [2.05, 4.69) is 35.1 Å². The fourth-order valence-electron chi connectivity index (χ4n) is 2.53. The predicted octanol–water partition coefficient (Wildman–Crippen LogP) is 1.79. The molecule has 0 saturated carbocycles. The molecule has 0 aliphatic carbocycles. The van der Waals surface area contributed by atoms with Crippen molar-refractivity contribution in [2.75, 3.05) is 6.54 Å². The van der Waals surface area contributed by atoms with Gasteiger partial charge in [0, 0.05) is 63.7 Å². The Bertz CT molecular complexity index is 688. The van der Waals surface area contributed by atoms with Gasteiger partial charge in [-0.05, 0) is 12.1 Å². The monoisotopic (exact) mass is 310 g/mol. The van der Waals surface area contributed by atoms with Crippen molar-refractivity contribution in [2.24, 2.45) is 14.1 Å². The third kappa shape index (κ3) is 4.04. The van der Waals surface area contributed by atoms with Crippen molar-refractivity contribution < 1.29 is 0 Å². The smallest absolute Gasteiger partial charge is 0.122 e. The summed E-state index contributed by atoms with van der Waals surface area (Å²) in [7, 11) is 4.06. The van der Waals surface area contributed by atoms with Crippen LogP contribution in [0.25, 0.3) is 0 Å². The first-order chi connectivity index (χ1) is 11.2. The zero-order chi connectivity index (χ0) is 16.1. The highest BCUT2D eigenvalue weighted by Gasteiger charge is 2.12. The molecule has 0 aliphatic heterocycles. The molecule has 120 valence electrons. The molecule has 0 fully saturated rings. The van der Waals surface area contributed by atoms with Gasteiger partial charge in [0.15, 0.2) is 0 Å². The lowest BCUT2D eigenvalue weighted by atomic mass is 10.2. The molecule has 3 heterocycles. The van der Waals surface area contributed by atoms with Crippen LogP contribution >= 0.6 is 0 Å². The third-order valence-electron chi connectivity index (χ3n) is 3.98. The Labute approximate surface area is 136 Å². The Kier molecular flexibility index (Phi) is 4.83. The Morgan fingerprint density at radius 3 is 2.00 bits per heavy atom. The molecule has 3 aromatic heterocycles. The summed E-state index contributed by atoms with van der Waals surface area (Å²) >= 11 is 0. The highest BCUT2D eigenvalue weighted by molar-refractivity contribution is 5.04. The summed E-state index contributed by atoms with van der Waals surface area (Å²) in [6.07, 6.45) is 10.4. The average molecular weight is 310 g/mol. The second-order valence-electron chi connectivity index (χ2n) is 5.69. The molecule has 0 saturated heterocycles. The molecule has 0 atom stereocenters. The predicted molar refractivity (Wildman–Crippen MR) is 88.5 cm³/mol. The third-order valence-corrected chi connectivity index (χ3v) is 3.98. The number of hydrogen-bond donors (Lipinski definition) is 0. The van der Waals surface area contributed by atoms with Crippen LogP contribution in [0.1, 0.15) is 17.3 Å². The van der Waals surface area contributed by atoms with E-state index in [1.807, 2.05) is 57.2 Å². The molecule has 0 bridgehead atoms. The molecule has 0 unspecified atom stereocenters. The standard InChI is InChI=1S/C17H22N6/c1-21-11-8-19-16(21)13-23(14-17-20-9-12-22(17)2)10-6-15-5-3-4-7-18-15/h3-5,7-9,11-12H,6,10,13-14H2,1-2H3. The summed E-state index contributed by atoms with van der Waals surface area (Å²) in [5.74, 6) is 2.11. The van der Waals surface area contributed by atoms with Gasteiger partial charge in [0.05, 0.1) is 13.1 Å². The van der Waals surface area contributed by atoms with Crippen molar-refractivity contribution >= 4 is 0 Å². The molecule has 0 radical (unpaired) electrons. The minimum atomic E-state index is 0.795. The first-order valence-electron chi connectivity index (χ1n) is 7.77. The minimum absolute atomic E-state index is 0.795. The van der Waals surface area contributed by atoms with Crippen LogP contribution in [-0.2, 0) is 33.6 Å². The number of aromatic nitrogens is 5. The summed E-state index contributed by atoms with van der Waals surface area (Å²) in [5.41, 5.74) is 1.11. The van der Waals surface area contributed by atoms with Crippen molar-refractivity contribution in [3.05, 3.63) is 66.5 Å². The maximum atomic E-state index is 4.44. The number of nitrogens with zero attached hydrogens (tertiary/aromatic N) is 6. The van der Waals surface area contributed by atoms with E-state index in [0.29, 0.717) is 0 Å². The molecule has 0 N–H and O–H groups in total. The van der Waals surface area contributed by atoms with Gasteiger partial charge in [0.1, 0.15) is 11.6 Å². The fourth-order valence-corrected chi connectivity index (χ4v) is 2.53. The van der Waals surface area contributed by atoms with Gasteiger partial charge in [-0.15, -0.1) is 0 Å². The van der Waals surface area contributed by atoms with Gasteiger partial charge in [-0.3, -0.25) is 9.88 Å². The van der Waals surface area contributed by atoms with Gasteiger partial charge < -0.3 is 9.13 Å². The second kappa shape index (κ2) is 7.19. The Morgan fingerprint density at radius 1 is 0.870 bits per heavy atom. The van der Waals surface area contributed by atoms with Crippen LogP contribution in [-0.4, -0.2) is 35.5 Å². The average Bonchev–Trinajstić information content (AvgIpc) is 3.15. The van der Waals surface area contributed by atoms with Gasteiger partial charge in [0.25, 0.3) is 0 Å². The summed E-state index contributed by atoms with van der Waals surface area (Å²) in [6.45, 7) is 2.50. The SMILES string of the molecule is Cn1ccnc1CN(CCc1ccccn1)Cc1nccn1C. The first kappa shape index (κ1) is 15.4. The van der Waals surface area contributed by atoms with E-state index in [4.69, 9.17) is 0 Å². The van der Waals surface area contributed by atoms with Crippen LogP contribution in [0.15, 0.2) is 49.2 Å². The molecular weight excluding hydrogens is 288 g/mol. The molecule has 23 heavy (non-hydrogen) atoms. The molecular formula is C17H22N6. The zero-order valence-corrected chi connectivity index (χ0v) is 13.6. The van der Waals surface area contributed by atoms with E-state index >= 15 is 0 Å². The van der Waals surface area contributed by atoms with Crippen LogP contribution in [0, 0.1) is 0 Å². The molecule has 6 heteroatoms. The quantitative estimate of drug-likeness (QED) is 0.668. The lowest BCUT2D eigenvalue weighted by Crippen LogP contribution is -2.28. The van der Waals surface area contributed by atoms with E-state index in [1.165, 1.54) is 0 Å². The molecule has 0 aromatic carbocycles. The Balaban J connectivity index is 1.70. The molecule has 6 nitrogen and oxygen atoms in total. The van der Waals surface area contributed by atoms with Crippen LogP contribution in [0.5, 0.6) is 0 Å². The van der Waals surface area contributed by atoms with Crippen LogP contribution in [0.2, 0.25) is 0 Å². The molecule has 3 rings (SSSR count). The van der Waals surface area contributed by atoms with Crippen LogP contribution in [0.4, 0.5) is 0 Å². The second-order valence-corrected chi connectivity index (χ2v) is 5.69. The van der Waals surface area contributed by atoms with Crippen molar-refractivity contribution in [1.82, 2.24) is 29.0 Å². The maximum absolute atomic E-state index is 4.44. The number of pyridine rings is 1. The molecule has 0 spiro atoms. The van der Waals surface area contributed by atoms with Crippen molar-refractivity contribution in [2.45, 2.75) is 19.5 Å². The van der Waals surface area contributed by atoms with Gasteiger partial charge in [-0.25, -0.2) is 9.97 Å². The fraction of sp³-hybridized carbons (Fsp3) is 0.353. The minimum Gasteiger partial charge on any atom is -0.337 e. The topological polar surface area (TPSA) is 51.8 Å². The summed E-state index contributed by atoms with van der Waals surface area (Å²) in [6, 6.07) is 6.05. The van der Waals surface area contributed by atoms with Crippen molar-refractivity contribution in [3.63, 3.8) is 0 Å². The number of rotatable bonds is 7. The zero-order valence-electron chi connectivity index (χ0n) is 13.6. The highest BCUT2D eigenvalue weighted by Crippen LogP contribution is 2.08. The lowest BCUT2D eigenvalue weighted by molar-refractivity contribution is 0.241. The van der Waals surface area contributed by atoms with Gasteiger partial charge >= 0.3 is 0 Å². The van der Waals surface area contributed by atoms with E-state index in [1.54, 1.807) is 0 Å². The summed E-state index contributed by atoms with van der Waals surface area (Å²) in [4.78, 5) is 15.7. The molecule has 3 aromatic rings. The van der Waals surface area contributed by atoms with E-state index in [9.17, 15) is 0 Å². The van der Waals surface area contributed by atoms with Gasteiger partial charge in [0.2, 0.25) is 0 Å². The highest BCUT2D eigenvalue weighted by atomic mass is 15.2. The maximum Gasteiger partial charge on any atom is 0.122 e. The molecule has 0 aliphatic rings. The van der Waals surface area contributed by atoms with E-state index < -0.39 is 0 Å². The normalized spacial score (nSPS) is 11.3. The van der Waals surface area contributed by atoms with Crippen molar-refractivity contribution in [3.8, 4) is 0 Å². The Morgan fingerprint density at radius 2 is 1.52 bits per heavy atom. The largest absolute Gasteiger partial charge is 0.337 e. The number of aryl methyl sites for hydroxylation is 2. The lowest BCUT2D eigenvalue weighted by Gasteiger charge is -2.21. The summed E-state index contributed by atoms with van der Waals surface area (Å²) < 4.78 is 4.12. The van der Waals surface area contributed by atoms with Gasteiger partial charge in [-0.1, -0.05) is 6.07 Å². The van der Waals surface area contributed by atoms with Crippen LogP contribution in [0.3, 0.4) is 0 Å². The van der Waals surface area contributed by atoms with Crippen molar-refractivity contribution in [1.29, 1.82) is 0 Å². The number of hydrogen-bond acceptors (Lipinski definition) is 4. The van der Waals surface area contributed by atoms with E-state index in [0.717, 1.165) is 43.4 Å². The molecule has 0 amide bonds. The van der Waals surface area contributed by atoms with Gasteiger partial charge in [-0.2, -0.15) is 0 Å². The van der Waals surface area contributed by atoms with Crippen LogP contribution < -0.4 is 0 Å². The number of imidazole rings is 2. The Hall–Kier alpha value is -2.47. The summed E-state index contributed by atoms with van der Waals surface area (Å²) in [5, 5.41) is 0. The first-order valence-corrected chi connectivity index (χ1v) is 7.77. The van der Waals surface area contributed by atoms with E-state index in [-0.39, 0.29) is 0 Å².